The van der Waals surface area contributed by atoms with Crippen molar-refractivity contribution < 1.29 is 13.2 Å². The van der Waals surface area contributed by atoms with Crippen LogP contribution in [0.25, 0.3) is 5.57 Å². The van der Waals surface area contributed by atoms with Gasteiger partial charge in [0.1, 0.15) is 0 Å². The van der Waals surface area contributed by atoms with Gasteiger partial charge in [0, 0.05) is 0 Å². The van der Waals surface area contributed by atoms with Gasteiger partial charge in [-0.15, -0.1) is 0 Å². The number of allylic oxidation sites excluding steroid dienone is 1. The SMILES string of the molecule is Cc1ccccc1C1=CC(C(F)(F)F)=NNC1. The standard InChI is InChI=1S/C12H11F3N2/c1-8-4-2-3-5-10(8)9-6-11(12(13,14)15)17-16-7-9/h2-6,16H,7H2,1H3. The maximum absolute atomic E-state index is 12.5. The number of alkyl halides is 3. The van der Waals surface area contributed by atoms with Gasteiger partial charge >= 0.3 is 6.18 Å². The van der Waals surface area contributed by atoms with Crippen LogP contribution in [0, 0.1) is 6.92 Å². The lowest BCUT2D eigenvalue weighted by Gasteiger charge is -2.17. The first-order valence-electron chi connectivity index (χ1n) is 5.13. The van der Waals surface area contributed by atoms with Gasteiger partial charge in [-0.25, -0.2) is 0 Å². The second-order valence-electron chi connectivity index (χ2n) is 3.81. The molecular formula is C12H11F3N2. The van der Waals surface area contributed by atoms with E-state index < -0.39 is 11.9 Å². The number of halogens is 3. The van der Waals surface area contributed by atoms with Crippen molar-refractivity contribution in [3.63, 3.8) is 0 Å². The molecule has 0 spiro atoms. The molecule has 2 rings (SSSR count). The smallest absolute Gasteiger partial charge is 0.305 e. The van der Waals surface area contributed by atoms with Crippen molar-refractivity contribution in [2.45, 2.75) is 13.1 Å². The van der Waals surface area contributed by atoms with Crippen molar-refractivity contribution in [3.05, 3.63) is 41.5 Å². The molecule has 0 atom stereocenters. The van der Waals surface area contributed by atoms with Gasteiger partial charge in [-0.1, -0.05) is 24.3 Å². The van der Waals surface area contributed by atoms with Crippen LogP contribution < -0.4 is 5.43 Å². The van der Waals surface area contributed by atoms with Gasteiger partial charge in [0.15, 0.2) is 5.71 Å². The molecule has 0 saturated heterocycles. The highest BCUT2D eigenvalue weighted by molar-refractivity contribution is 6.05. The van der Waals surface area contributed by atoms with E-state index in [2.05, 4.69) is 10.5 Å². The molecule has 1 heterocycles. The zero-order chi connectivity index (χ0) is 12.5. The van der Waals surface area contributed by atoms with Crippen LogP contribution in [0.15, 0.2) is 35.4 Å². The fraction of sp³-hybridized carbons (Fsp3) is 0.250. The van der Waals surface area contributed by atoms with E-state index >= 15 is 0 Å². The van der Waals surface area contributed by atoms with E-state index in [9.17, 15) is 13.2 Å². The summed E-state index contributed by atoms with van der Waals surface area (Å²) in [7, 11) is 0. The largest absolute Gasteiger partial charge is 0.435 e. The summed E-state index contributed by atoms with van der Waals surface area (Å²) in [5.41, 5.74) is 3.90. The minimum Gasteiger partial charge on any atom is -0.305 e. The van der Waals surface area contributed by atoms with Crippen LogP contribution in [-0.2, 0) is 0 Å². The number of hydrogen-bond donors (Lipinski definition) is 1. The van der Waals surface area contributed by atoms with E-state index in [0.29, 0.717) is 12.1 Å². The summed E-state index contributed by atoms with van der Waals surface area (Å²) in [5, 5.41) is 3.27. The molecule has 2 nitrogen and oxygen atoms in total. The van der Waals surface area contributed by atoms with Crippen LogP contribution in [0.4, 0.5) is 13.2 Å². The minimum atomic E-state index is -4.42. The van der Waals surface area contributed by atoms with Crippen LogP contribution in [0.3, 0.4) is 0 Å². The van der Waals surface area contributed by atoms with Crippen molar-refractivity contribution in [1.29, 1.82) is 0 Å². The molecule has 1 aromatic carbocycles. The van der Waals surface area contributed by atoms with E-state index in [1.54, 1.807) is 0 Å². The quantitative estimate of drug-likeness (QED) is 0.802. The lowest BCUT2D eigenvalue weighted by Crippen LogP contribution is -2.29. The molecule has 90 valence electrons. The van der Waals surface area contributed by atoms with Crippen molar-refractivity contribution >= 4 is 11.3 Å². The van der Waals surface area contributed by atoms with Gasteiger partial charge in [0.25, 0.3) is 0 Å². The number of hydrazone groups is 1. The normalized spacial score (nSPS) is 16.0. The third kappa shape index (κ3) is 2.49. The Bertz CT molecular complexity index is 487. The first-order valence-corrected chi connectivity index (χ1v) is 5.13. The monoisotopic (exact) mass is 240 g/mol. The third-order valence-electron chi connectivity index (χ3n) is 2.56. The van der Waals surface area contributed by atoms with Gasteiger partial charge in [-0.05, 0) is 29.7 Å². The first kappa shape index (κ1) is 11.7. The van der Waals surface area contributed by atoms with E-state index in [0.717, 1.165) is 17.2 Å². The summed E-state index contributed by atoms with van der Waals surface area (Å²) in [4.78, 5) is 0. The van der Waals surface area contributed by atoms with Gasteiger partial charge in [-0.3, -0.25) is 0 Å². The molecule has 1 aliphatic rings. The lowest BCUT2D eigenvalue weighted by atomic mass is 9.99. The van der Waals surface area contributed by atoms with Crippen LogP contribution >= 0.6 is 0 Å². The first-order chi connectivity index (χ1) is 7.98. The molecule has 1 aromatic rings. The predicted molar refractivity (Wildman–Crippen MR) is 60.6 cm³/mol. The van der Waals surface area contributed by atoms with E-state index in [4.69, 9.17) is 0 Å². The van der Waals surface area contributed by atoms with Crippen LogP contribution in [0.5, 0.6) is 0 Å². The highest BCUT2D eigenvalue weighted by atomic mass is 19.4. The fourth-order valence-corrected chi connectivity index (χ4v) is 1.71. The highest BCUT2D eigenvalue weighted by Gasteiger charge is 2.35. The maximum atomic E-state index is 12.5. The molecule has 5 heteroatoms. The van der Waals surface area contributed by atoms with E-state index in [1.165, 1.54) is 0 Å². The number of nitrogens with one attached hydrogen (secondary N) is 1. The number of hydrogen-bond acceptors (Lipinski definition) is 2. The summed E-state index contributed by atoms with van der Waals surface area (Å²) in [6.07, 6.45) is -3.32. The Morgan fingerprint density at radius 1 is 1.24 bits per heavy atom. The lowest BCUT2D eigenvalue weighted by molar-refractivity contribution is -0.0581. The third-order valence-corrected chi connectivity index (χ3v) is 2.56. The molecule has 0 aliphatic carbocycles. The summed E-state index contributed by atoms with van der Waals surface area (Å²) in [6, 6.07) is 7.34. The van der Waals surface area contributed by atoms with Gasteiger partial charge < -0.3 is 5.43 Å². The second kappa shape index (κ2) is 4.24. The Morgan fingerprint density at radius 2 is 1.94 bits per heavy atom. The second-order valence-corrected chi connectivity index (χ2v) is 3.81. The van der Waals surface area contributed by atoms with Crippen LogP contribution in [0.1, 0.15) is 11.1 Å². The fourth-order valence-electron chi connectivity index (χ4n) is 1.71. The summed E-state index contributed by atoms with van der Waals surface area (Å²) < 4.78 is 37.5. The van der Waals surface area contributed by atoms with Crippen molar-refractivity contribution in [3.8, 4) is 0 Å². The molecule has 0 radical (unpaired) electrons. The molecule has 0 saturated carbocycles. The molecule has 17 heavy (non-hydrogen) atoms. The van der Waals surface area contributed by atoms with E-state index in [1.807, 2.05) is 31.2 Å². The maximum Gasteiger partial charge on any atom is 0.435 e. The van der Waals surface area contributed by atoms with E-state index in [-0.39, 0.29) is 0 Å². The Balaban J connectivity index is 2.39. The Hall–Kier alpha value is -1.78. The molecule has 0 fully saturated rings. The highest BCUT2D eigenvalue weighted by Crippen LogP contribution is 2.25. The van der Waals surface area contributed by atoms with Gasteiger partial charge in [0.2, 0.25) is 0 Å². The number of aryl methyl sites for hydroxylation is 1. The molecule has 1 N–H and O–H groups in total. The van der Waals surface area contributed by atoms with Crippen LogP contribution in [0.2, 0.25) is 0 Å². The number of nitrogens with zero attached hydrogens (tertiary/aromatic N) is 1. The summed E-state index contributed by atoms with van der Waals surface area (Å²) >= 11 is 0. The zero-order valence-corrected chi connectivity index (χ0v) is 9.17. The van der Waals surface area contributed by atoms with Gasteiger partial charge in [-0.2, -0.15) is 18.3 Å². The topological polar surface area (TPSA) is 24.4 Å². The Kier molecular flexibility index (Phi) is 2.92. The van der Waals surface area contributed by atoms with Crippen molar-refractivity contribution in [2.75, 3.05) is 6.54 Å². The summed E-state index contributed by atoms with van der Waals surface area (Å²) in [5.74, 6) is 0. The molecule has 0 amide bonds. The Labute approximate surface area is 96.8 Å². The molecule has 0 bridgehead atoms. The molecular weight excluding hydrogens is 229 g/mol. The minimum absolute atomic E-state index is 0.310. The van der Waals surface area contributed by atoms with Gasteiger partial charge in [0.05, 0.1) is 6.54 Å². The van der Waals surface area contributed by atoms with Crippen LogP contribution in [-0.4, -0.2) is 18.4 Å². The number of benzene rings is 1. The van der Waals surface area contributed by atoms with Crippen molar-refractivity contribution in [2.24, 2.45) is 5.10 Å². The average molecular weight is 240 g/mol. The summed E-state index contributed by atoms with van der Waals surface area (Å²) in [6.45, 7) is 2.18. The molecule has 1 aliphatic heterocycles. The Morgan fingerprint density at radius 3 is 2.59 bits per heavy atom. The molecule has 0 aromatic heterocycles. The number of rotatable bonds is 1. The van der Waals surface area contributed by atoms with Crippen molar-refractivity contribution in [1.82, 2.24) is 5.43 Å². The zero-order valence-electron chi connectivity index (χ0n) is 9.17. The average Bonchev–Trinajstić information content (AvgIpc) is 2.29. The molecule has 0 unspecified atom stereocenters. The predicted octanol–water partition coefficient (Wildman–Crippen LogP) is 2.90.